The van der Waals surface area contributed by atoms with E-state index < -0.39 is 12.0 Å². The Hall–Kier alpha value is -0.580. The molecule has 0 rings (SSSR count). The van der Waals surface area contributed by atoms with E-state index in [0.717, 1.165) is 57.8 Å². The van der Waals surface area contributed by atoms with Gasteiger partial charge in [-0.15, -0.1) is 0 Å². The van der Waals surface area contributed by atoms with Gasteiger partial charge in [-0.3, -0.25) is 4.79 Å². The van der Waals surface area contributed by atoms with Crippen molar-refractivity contribution in [1.29, 1.82) is 0 Å². The van der Waals surface area contributed by atoms with Gasteiger partial charge in [0.2, 0.25) is 5.91 Å². The number of hydrogen-bond donors (Lipinski definition) is 1. The molecule has 0 radical (unpaired) electrons. The molecule has 0 aliphatic heterocycles. The Balaban J connectivity index is 0. The van der Waals surface area contributed by atoms with Crippen molar-refractivity contribution in [3.63, 3.8) is 0 Å². The molecule has 0 spiro atoms. The second-order valence-corrected chi connectivity index (χ2v) is 11.8. The summed E-state index contributed by atoms with van der Waals surface area (Å²) in [4.78, 5) is 23.7. The Labute approximate surface area is 277 Å². The van der Waals surface area contributed by atoms with Crippen molar-refractivity contribution >= 4 is 11.9 Å². The largest absolute Gasteiger partial charge is 1.00 e. The number of aliphatic carboxylic acids is 1. The Morgan fingerprint density at radius 3 is 1.27 bits per heavy atom. The van der Waals surface area contributed by atoms with Gasteiger partial charge in [0.25, 0.3) is 0 Å². The van der Waals surface area contributed by atoms with Gasteiger partial charge >= 0.3 is 29.6 Å². The molecule has 1 amide bonds. The molecule has 234 valence electrons. The van der Waals surface area contributed by atoms with Crippen LogP contribution in [-0.2, 0) is 9.59 Å². The van der Waals surface area contributed by atoms with Crippen LogP contribution in [0, 0.1) is 0 Å². The zero-order valence-electron chi connectivity index (χ0n) is 27.7. The third-order valence-corrected chi connectivity index (χ3v) is 7.79. The second-order valence-electron chi connectivity index (χ2n) is 11.8. The molecule has 0 aliphatic rings. The summed E-state index contributed by atoms with van der Waals surface area (Å²) < 4.78 is 0. The standard InChI is InChI=1S/C36H67NO3.Na/c1-3-5-7-9-11-13-15-17-19-21-23-25-27-29-31-33-35(38)37-34(36(39)40)32-30-28-26-24-22-20-18-16-14-12-10-8-6-4-2;/h17-20,34H,3-16,21-33H2,1-2H3,(H,37,38)(H,39,40);/q;+1/p-1/b19-17-,20-18-;. The molecule has 0 fully saturated rings. The van der Waals surface area contributed by atoms with Gasteiger partial charge in [-0.1, -0.05) is 141 Å². The van der Waals surface area contributed by atoms with Gasteiger partial charge in [-0.2, -0.15) is 0 Å². The van der Waals surface area contributed by atoms with Gasteiger partial charge < -0.3 is 15.2 Å². The monoisotopic (exact) mass is 583 g/mol. The predicted octanol–water partition coefficient (Wildman–Crippen LogP) is 6.91. The number of nitrogens with one attached hydrogen (secondary N) is 1. The second kappa shape index (κ2) is 35.6. The summed E-state index contributed by atoms with van der Waals surface area (Å²) in [6.45, 7) is 4.51. The van der Waals surface area contributed by atoms with Crippen LogP contribution in [0.4, 0.5) is 0 Å². The van der Waals surface area contributed by atoms with Crippen molar-refractivity contribution in [2.24, 2.45) is 0 Å². The van der Waals surface area contributed by atoms with Crippen LogP contribution in [0.1, 0.15) is 187 Å². The van der Waals surface area contributed by atoms with E-state index in [9.17, 15) is 14.7 Å². The van der Waals surface area contributed by atoms with E-state index in [-0.39, 0.29) is 35.5 Å². The molecule has 0 aromatic rings. The van der Waals surface area contributed by atoms with E-state index >= 15 is 0 Å². The summed E-state index contributed by atoms with van der Waals surface area (Å²) in [5, 5.41) is 14.2. The predicted molar refractivity (Wildman–Crippen MR) is 171 cm³/mol. The van der Waals surface area contributed by atoms with Crippen molar-refractivity contribution in [1.82, 2.24) is 5.32 Å². The van der Waals surface area contributed by atoms with Crippen LogP contribution in [0.15, 0.2) is 24.3 Å². The number of carboxylic acids is 1. The number of rotatable bonds is 31. The molecular formula is C36H66NNaO3. The molecule has 4 nitrogen and oxygen atoms in total. The maximum atomic E-state index is 12.2. The first-order chi connectivity index (χ1) is 19.6. The van der Waals surface area contributed by atoms with Crippen molar-refractivity contribution in [2.75, 3.05) is 0 Å². The van der Waals surface area contributed by atoms with E-state index in [1.807, 2.05) is 0 Å². The summed E-state index contributed by atoms with van der Waals surface area (Å²) in [5.74, 6) is -1.31. The van der Waals surface area contributed by atoms with Gasteiger partial charge in [0, 0.05) is 6.42 Å². The molecule has 0 bridgehead atoms. The van der Waals surface area contributed by atoms with Crippen LogP contribution < -0.4 is 40.0 Å². The quantitative estimate of drug-likeness (QED) is 0.0548. The van der Waals surface area contributed by atoms with Gasteiger partial charge in [0.1, 0.15) is 0 Å². The van der Waals surface area contributed by atoms with Crippen LogP contribution in [0.3, 0.4) is 0 Å². The fraction of sp³-hybridized carbons (Fsp3) is 0.833. The molecule has 0 heterocycles. The average Bonchev–Trinajstić information content (AvgIpc) is 2.94. The molecule has 0 saturated heterocycles. The van der Waals surface area contributed by atoms with E-state index in [0.29, 0.717) is 12.8 Å². The number of amides is 1. The number of allylic oxidation sites excluding steroid dienone is 4. The number of unbranched alkanes of at least 4 members (excludes halogenated alkanes) is 21. The van der Waals surface area contributed by atoms with Crippen LogP contribution >= 0.6 is 0 Å². The third-order valence-electron chi connectivity index (χ3n) is 7.79. The van der Waals surface area contributed by atoms with Crippen molar-refractivity contribution in [3.05, 3.63) is 24.3 Å². The number of hydrogen-bond acceptors (Lipinski definition) is 3. The third kappa shape index (κ3) is 33.8. The first-order valence-electron chi connectivity index (χ1n) is 17.4. The van der Waals surface area contributed by atoms with Crippen LogP contribution in [0.25, 0.3) is 0 Å². The van der Waals surface area contributed by atoms with E-state index in [1.54, 1.807) is 0 Å². The minimum absolute atomic E-state index is 0. The molecule has 41 heavy (non-hydrogen) atoms. The van der Waals surface area contributed by atoms with Gasteiger partial charge in [0.15, 0.2) is 0 Å². The molecule has 0 aliphatic carbocycles. The minimum atomic E-state index is -1.16. The first-order valence-corrected chi connectivity index (χ1v) is 17.4. The Morgan fingerprint density at radius 1 is 0.537 bits per heavy atom. The van der Waals surface area contributed by atoms with Crippen molar-refractivity contribution in [3.8, 4) is 0 Å². The summed E-state index contributed by atoms with van der Waals surface area (Å²) >= 11 is 0. The van der Waals surface area contributed by atoms with Crippen LogP contribution in [-0.4, -0.2) is 17.9 Å². The molecule has 1 N–H and O–H groups in total. The molecule has 0 aromatic carbocycles. The molecular weight excluding hydrogens is 517 g/mol. The average molecular weight is 584 g/mol. The SMILES string of the molecule is CCCCCCCC/C=C\CCCCCCCC(=O)NC(CCCCCC/C=C\CCCCCCCC)C(=O)[O-].[Na+]. The maximum absolute atomic E-state index is 12.2. The van der Waals surface area contributed by atoms with Gasteiger partial charge in [-0.05, 0) is 64.2 Å². The first kappa shape index (κ1) is 42.6. The Morgan fingerprint density at radius 2 is 0.878 bits per heavy atom. The van der Waals surface area contributed by atoms with E-state index in [4.69, 9.17) is 0 Å². The summed E-state index contributed by atoms with van der Waals surface area (Å²) in [7, 11) is 0. The number of carboxylic acid groups (broad SMARTS) is 1. The van der Waals surface area contributed by atoms with Crippen LogP contribution in [0.2, 0.25) is 0 Å². The van der Waals surface area contributed by atoms with Crippen molar-refractivity contribution < 1.29 is 44.3 Å². The number of carbonyl (C=O) groups is 2. The van der Waals surface area contributed by atoms with Crippen LogP contribution in [0.5, 0.6) is 0 Å². The maximum Gasteiger partial charge on any atom is 1.00 e. The summed E-state index contributed by atoms with van der Waals surface area (Å²) in [5.41, 5.74) is 0. The Kier molecular flexibility index (Phi) is 37.0. The fourth-order valence-electron chi connectivity index (χ4n) is 5.11. The van der Waals surface area contributed by atoms with Gasteiger partial charge in [-0.25, -0.2) is 0 Å². The molecule has 0 aromatic heterocycles. The fourth-order valence-corrected chi connectivity index (χ4v) is 5.11. The molecule has 1 unspecified atom stereocenters. The zero-order valence-corrected chi connectivity index (χ0v) is 29.7. The Bertz CT molecular complexity index is 620. The van der Waals surface area contributed by atoms with E-state index in [1.165, 1.54) is 103 Å². The van der Waals surface area contributed by atoms with E-state index in [2.05, 4.69) is 43.5 Å². The number of carbonyl (C=O) groups excluding carboxylic acids is 2. The normalized spacial score (nSPS) is 12.1. The zero-order chi connectivity index (χ0) is 29.4. The smallest absolute Gasteiger partial charge is 0.548 e. The van der Waals surface area contributed by atoms with Crippen molar-refractivity contribution in [2.45, 2.75) is 193 Å². The molecule has 1 atom stereocenters. The molecule has 0 saturated carbocycles. The summed E-state index contributed by atoms with van der Waals surface area (Å²) in [6, 6.07) is -0.854. The summed E-state index contributed by atoms with van der Waals surface area (Å²) in [6.07, 6.45) is 40.5. The topological polar surface area (TPSA) is 69.2 Å². The minimum Gasteiger partial charge on any atom is -0.548 e. The van der Waals surface area contributed by atoms with Gasteiger partial charge in [0.05, 0.1) is 12.0 Å². The molecule has 5 heteroatoms.